The smallest absolute Gasteiger partial charge is 0.339 e. The molecular formula is C62H86O8. The van der Waals surface area contributed by atoms with Crippen molar-refractivity contribution in [2.45, 2.75) is 220 Å². The van der Waals surface area contributed by atoms with Crippen molar-refractivity contribution < 1.29 is 39.4 Å². The van der Waals surface area contributed by atoms with Gasteiger partial charge in [0.15, 0.2) is 0 Å². The maximum atomic E-state index is 11.9. The number of unbranched alkanes of at least 4 members (excludes halogenated alkanes) is 4. The number of aromatic hydroxyl groups is 3. The normalized spacial score (nSPS) is 35.5. The maximum Gasteiger partial charge on any atom is 0.339 e. The first-order valence-corrected chi connectivity index (χ1v) is 27.9. The van der Waals surface area contributed by atoms with E-state index in [1.54, 1.807) is 0 Å². The zero-order chi connectivity index (χ0) is 50.2. The van der Waals surface area contributed by atoms with E-state index < -0.39 is 5.97 Å². The molecule has 0 spiro atoms. The Hall–Kier alpha value is -4.07. The van der Waals surface area contributed by atoms with E-state index in [4.69, 9.17) is 14.2 Å². The lowest BCUT2D eigenvalue weighted by molar-refractivity contribution is -0.121. The third-order valence-corrected chi connectivity index (χ3v) is 21.2. The number of aromatic carboxylic acids is 1. The predicted octanol–water partition coefficient (Wildman–Crippen LogP) is 15.2. The van der Waals surface area contributed by atoms with Gasteiger partial charge >= 0.3 is 5.97 Å². The second kappa shape index (κ2) is 17.0. The molecule has 6 saturated carbocycles. The summed E-state index contributed by atoms with van der Waals surface area (Å²) in [7, 11) is 0. The molecule has 6 fully saturated rings. The summed E-state index contributed by atoms with van der Waals surface area (Å²) in [6.45, 7) is 27.3. The third kappa shape index (κ3) is 7.17. The number of carbonyl (C=O) groups is 1. The van der Waals surface area contributed by atoms with Crippen molar-refractivity contribution >= 4 is 5.97 Å². The highest BCUT2D eigenvalue weighted by atomic mass is 16.5. The first-order valence-electron chi connectivity index (χ1n) is 27.9. The molecule has 70 heavy (non-hydrogen) atoms. The molecule has 9 aliphatic rings. The first-order chi connectivity index (χ1) is 33.0. The largest absolute Gasteiger partial charge is 0.508 e. The average Bonchev–Trinajstić information content (AvgIpc) is 3.93. The van der Waals surface area contributed by atoms with Gasteiger partial charge in [-0.3, -0.25) is 0 Å². The van der Waals surface area contributed by atoms with Crippen molar-refractivity contribution in [3.63, 3.8) is 0 Å². The van der Waals surface area contributed by atoms with Gasteiger partial charge in [-0.25, -0.2) is 4.79 Å². The van der Waals surface area contributed by atoms with Crippen LogP contribution >= 0.6 is 0 Å². The number of hydrogen-bond donors (Lipinski definition) is 4. The van der Waals surface area contributed by atoms with Crippen LogP contribution in [0.15, 0.2) is 30.3 Å². The number of benzene rings is 3. The minimum absolute atomic E-state index is 0.0187. The standard InChI is InChI=1S/C22H30O4.C21H30O2.C19H26O2/c1-5-6-7-8-12-11-14-16(19(23)15(12)20(24)25)18-17-13(21(18,2)3)9-10-22(17,4)26-14;1-5-6-7-8-13-11-15(22)17-16(12-13)23-21(4)10-9-14-18(21)19(17)20(14,2)3;1-5-6-11-9-13(20)15-14(10-11)21-19(4)8-7-12-16(19)17(15)18(12,2)3/h11,13,17-18,23H,5-10H2,1-4H3,(H,24,25);11-12,14,18-19,22H,5-10H2,1-4H3;9-10,12,16-17,20H,5-8H2,1-4H3/t13-,17+,18+,22+;14-,18+,19+,21+;12-,16+,17+,19+/m000/s1. The van der Waals surface area contributed by atoms with Gasteiger partial charge < -0.3 is 34.6 Å². The Morgan fingerprint density at radius 2 is 0.900 bits per heavy atom. The Morgan fingerprint density at radius 1 is 0.514 bits per heavy atom. The van der Waals surface area contributed by atoms with Crippen molar-refractivity contribution in [3.05, 3.63) is 69.3 Å². The Morgan fingerprint density at radius 3 is 1.30 bits per heavy atom. The van der Waals surface area contributed by atoms with Crippen LogP contribution in [0.4, 0.5) is 0 Å². The summed E-state index contributed by atoms with van der Waals surface area (Å²) in [4.78, 5) is 11.9. The Bertz CT molecular complexity index is 2550. The van der Waals surface area contributed by atoms with Crippen LogP contribution in [0, 0.1) is 51.8 Å². The Kier molecular flexibility index (Phi) is 12.0. The average molecular weight is 959 g/mol. The van der Waals surface area contributed by atoms with E-state index in [-0.39, 0.29) is 50.3 Å². The molecule has 382 valence electrons. The van der Waals surface area contributed by atoms with Crippen molar-refractivity contribution in [2.75, 3.05) is 0 Å². The fourth-order valence-corrected chi connectivity index (χ4v) is 17.8. The molecule has 3 aromatic carbocycles. The summed E-state index contributed by atoms with van der Waals surface area (Å²) in [5.74, 6) is 7.19. The lowest BCUT2D eigenvalue weighted by atomic mass is 9.45. The van der Waals surface area contributed by atoms with Gasteiger partial charge in [0, 0.05) is 52.2 Å². The van der Waals surface area contributed by atoms with E-state index in [2.05, 4.69) is 95.2 Å². The molecule has 0 radical (unpaired) electrons. The van der Waals surface area contributed by atoms with Crippen LogP contribution < -0.4 is 14.2 Å². The second-order valence-electron chi connectivity index (χ2n) is 26.3. The summed E-state index contributed by atoms with van der Waals surface area (Å²) in [6, 6.07) is 10.3. The lowest BCUT2D eigenvalue weighted by Crippen LogP contribution is -2.59. The van der Waals surface area contributed by atoms with Crippen LogP contribution in [-0.4, -0.2) is 43.2 Å². The van der Waals surface area contributed by atoms with E-state index >= 15 is 0 Å². The van der Waals surface area contributed by atoms with Crippen molar-refractivity contribution in [2.24, 2.45) is 51.8 Å². The van der Waals surface area contributed by atoms with Crippen molar-refractivity contribution in [1.29, 1.82) is 0 Å². The van der Waals surface area contributed by atoms with E-state index in [0.717, 1.165) is 110 Å². The molecule has 0 unspecified atom stereocenters. The zero-order valence-corrected chi connectivity index (χ0v) is 44.8. The number of fused-ring (bicyclic) bond motifs is 6. The summed E-state index contributed by atoms with van der Waals surface area (Å²) >= 11 is 0. The highest BCUT2D eigenvalue weighted by Crippen LogP contribution is 2.77. The summed E-state index contributed by atoms with van der Waals surface area (Å²) in [5, 5.41) is 42.1. The molecule has 0 aromatic heterocycles. The van der Waals surface area contributed by atoms with Crippen molar-refractivity contribution in [3.8, 4) is 34.5 Å². The number of rotatable bonds is 11. The van der Waals surface area contributed by atoms with Crippen LogP contribution in [0.5, 0.6) is 34.5 Å². The minimum atomic E-state index is -1.04. The topological polar surface area (TPSA) is 126 Å². The first kappa shape index (κ1) is 49.5. The molecular weight excluding hydrogens is 873 g/mol. The van der Waals surface area contributed by atoms with Gasteiger partial charge in [0.05, 0.1) is 0 Å². The Balaban J connectivity index is 0.000000122. The molecule has 3 aromatic rings. The fraction of sp³-hybridized carbons (Fsp3) is 0.694. The maximum absolute atomic E-state index is 11.9. The van der Waals surface area contributed by atoms with E-state index in [9.17, 15) is 25.2 Å². The zero-order valence-electron chi connectivity index (χ0n) is 44.8. The SMILES string of the molecule is CCCCCc1cc(O)c2c(c1)O[C@]1(C)CC[C@H]3[C@@H]1[C@@H]2C3(C)C.CCCCCc1cc2c(c(O)c1C(=O)O)[C@@H]1[C@H]3[C@H](CC[C@@]3(C)O2)C1(C)C.CCCc1cc(O)c2c(c1)O[C@]1(C)CC[C@H]3[C@@H]1[C@@H]2C3(C)C. The van der Waals surface area contributed by atoms with Crippen LogP contribution in [0.25, 0.3) is 0 Å². The number of carboxylic acids is 1. The molecule has 12 atom stereocenters. The van der Waals surface area contributed by atoms with Crippen LogP contribution in [-0.2, 0) is 19.3 Å². The fourth-order valence-electron chi connectivity index (χ4n) is 17.8. The number of carboxylic acid groups (broad SMARTS) is 1. The third-order valence-electron chi connectivity index (χ3n) is 21.2. The molecule has 8 nitrogen and oxygen atoms in total. The number of ether oxygens (including phenoxy) is 3. The second-order valence-corrected chi connectivity index (χ2v) is 26.3. The quantitative estimate of drug-likeness (QED) is 0.140. The number of phenolic OH excluding ortho intramolecular Hbond substituents is 2. The number of hydrogen-bond acceptors (Lipinski definition) is 7. The van der Waals surface area contributed by atoms with Crippen LogP contribution in [0.2, 0.25) is 0 Å². The van der Waals surface area contributed by atoms with Crippen LogP contribution in [0.3, 0.4) is 0 Å². The molecule has 0 saturated heterocycles. The summed E-state index contributed by atoms with van der Waals surface area (Å²) < 4.78 is 19.4. The minimum Gasteiger partial charge on any atom is -0.508 e. The number of phenols is 3. The van der Waals surface area contributed by atoms with E-state index in [0.29, 0.717) is 59.0 Å². The Labute approximate surface area is 419 Å². The summed E-state index contributed by atoms with van der Waals surface area (Å²) in [5.41, 5.74) is 6.54. The summed E-state index contributed by atoms with van der Waals surface area (Å²) in [6.07, 6.45) is 17.5. The van der Waals surface area contributed by atoms with Crippen LogP contribution in [0.1, 0.15) is 228 Å². The van der Waals surface area contributed by atoms with Gasteiger partial charge in [0.2, 0.25) is 0 Å². The van der Waals surface area contributed by atoms with Gasteiger partial charge in [0.1, 0.15) is 56.9 Å². The molecule has 3 aliphatic heterocycles. The van der Waals surface area contributed by atoms with Gasteiger partial charge in [-0.05, 0) is 172 Å². The molecule has 0 bridgehead atoms. The molecule has 8 heteroatoms. The molecule has 0 amide bonds. The molecule has 12 rings (SSSR count). The van der Waals surface area contributed by atoms with E-state index in [1.807, 2.05) is 18.2 Å². The van der Waals surface area contributed by atoms with E-state index in [1.165, 1.54) is 43.2 Å². The molecule has 4 N–H and O–H groups in total. The van der Waals surface area contributed by atoms with Gasteiger partial charge in [0.25, 0.3) is 0 Å². The van der Waals surface area contributed by atoms with Gasteiger partial charge in [-0.1, -0.05) is 94.4 Å². The van der Waals surface area contributed by atoms with Crippen molar-refractivity contribution in [1.82, 2.24) is 0 Å². The monoisotopic (exact) mass is 959 g/mol. The molecule has 3 heterocycles. The van der Waals surface area contributed by atoms with Gasteiger partial charge in [-0.2, -0.15) is 0 Å². The highest BCUT2D eigenvalue weighted by Gasteiger charge is 2.72. The highest BCUT2D eigenvalue weighted by molar-refractivity contribution is 5.94. The molecule has 6 aliphatic carbocycles. The predicted molar refractivity (Wildman–Crippen MR) is 277 cm³/mol. The van der Waals surface area contributed by atoms with Gasteiger partial charge in [-0.15, -0.1) is 0 Å². The lowest BCUT2D eigenvalue weighted by Gasteiger charge is -2.62. The number of aryl methyl sites for hydroxylation is 3.